The van der Waals surface area contributed by atoms with E-state index in [2.05, 4.69) is 23.5 Å². The summed E-state index contributed by atoms with van der Waals surface area (Å²) in [5.74, 6) is -0.00927. The first-order chi connectivity index (χ1) is 10.7. The quantitative estimate of drug-likeness (QED) is 0.696. The zero-order valence-electron chi connectivity index (χ0n) is 13.3. The fraction of sp³-hybridized carbons (Fsp3) is 0.647. The molecule has 1 heterocycles. The normalized spacial score (nSPS) is 22.3. The van der Waals surface area contributed by atoms with Crippen molar-refractivity contribution < 1.29 is 14.3 Å². The van der Waals surface area contributed by atoms with Crippen molar-refractivity contribution in [3.63, 3.8) is 0 Å². The van der Waals surface area contributed by atoms with Gasteiger partial charge in [0.25, 0.3) is 0 Å². The molecule has 2 unspecified atom stereocenters. The minimum atomic E-state index is -0.221. The highest BCUT2D eigenvalue weighted by molar-refractivity contribution is 5.76. The molecule has 2 aliphatic rings. The van der Waals surface area contributed by atoms with Crippen LogP contribution in [-0.2, 0) is 14.3 Å². The molecular weight excluding hydrogens is 280 g/mol. The van der Waals surface area contributed by atoms with Gasteiger partial charge < -0.3 is 15.0 Å². The predicted octanol–water partition coefficient (Wildman–Crippen LogP) is 1.79. The molecule has 1 aliphatic carbocycles. The second-order valence-electron chi connectivity index (χ2n) is 5.89. The maximum absolute atomic E-state index is 12.1. The molecule has 0 saturated carbocycles. The summed E-state index contributed by atoms with van der Waals surface area (Å²) in [6.07, 6.45) is 12.4. The second-order valence-corrected chi connectivity index (χ2v) is 5.89. The molecule has 1 fully saturated rings. The molecule has 0 spiro atoms. The SMILES string of the molecule is COC(CC(=O)NCCC1=CCCC=C1)C1CCCN1C=O. The third-order valence-electron chi connectivity index (χ3n) is 4.40. The number of likely N-dealkylation sites (tertiary alicyclic amines) is 1. The average molecular weight is 306 g/mol. The number of hydrogen-bond acceptors (Lipinski definition) is 3. The Hall–Kier alpha value is -1.62. The summed E-state index contributed by atoms with van der Waals surface area (Å²) in [5.41, 5.74) is 1.29. The third-order valence-corrected chi connectivity index (χ3v) is 4.40. The van der Waals surface area contributed by atoms with Crippen LogP contribution in [0.5, 0.6) is 0 Å². The van der Waals surface area contributed by atoms with E-state index in [-0.39, 0.29) is 18.1 Å². The van der Waals surface area contributed by atoms with Crippen LogP contribution in [0.4, 0.5) is 0 Å². The number of carbonyl (C=O) groups is 2. The Balaban J connectivity index is 1.73. The molecule has 0 aromatic rings. The van der Waals surface area contributed by atoms with E-state index < -0.39 is 0 Å². The minimum absolute atomic E-state index is 0.00927. The van der Waals surface area contributed by atoms with Gasteiger partial charge in [-0.15, -0.1) is 0 Å². The van der Waals surface area contributed by atoms with Crippen molar-refractivity contribution in [2.75, 3.05) is 20.2 Å². The lowest BCUT2D eigenvalue weighted by molar-refractivity contribution is -0.128. The second kappa shape index (κ2) is 8.73. The van der Waals surface area contributed by atoms with Crippen LogP contribution >= 0.6 is 0 Å². The lowest BCUT2D eigenvalue weighted by Crippen LogP contribution is -2.42. The van der Waals surface area contributed by atoms with E-state index in [0.717, 1.165) is 45.1 Å². The van der Waals surface area contributed by atoms with Crippen LogP contribution < -0.4 is 5.32 Å². The Kier molecular flexibility index (Phi) is 6.65. The van der Waals surface area contributed by atoms with Gasteiger partial charge in [-0.1, -0.05) is 23.8 Å². The standard InChI is InChI=1S/C17H26N2O3/c1-22-16(15-8-5-11-19(15)13-20)12-17(21)18-10-9-14-6-3-2-4-7-14/h3,6-7,13,15-16H,2,4-5,8-12H2,1H3,(H,18,21). The first-order valence-electron chi connectivity index (χ1n) is 8.10. The summed E-state index contributed by atoms with van der Waals surface area (Å²) >= 11 is 0. The Morgan fingerprint density at radius 2 is 2.41 bits per heavy atom. The van der Waals surface area contributed by atoms with E-state index in [9.17, 15) is 9.59 Å². The van der Waals surface area contributed by atoms with E-state index in [1.54, 1.807) is 12.0 Å². The van der Waals surface area contributed by atoms with Crippen LogP contribution in [0.3, 0.4) is 0 Å². The van der Waals surface area contributed by atoms with Gasteiger partial charge in [0.15, 0.2) is 0 Å². The zero-order chi connectivity index (χ0) is 15.8. The fourth-order valence-corrected chi connectivity index (χ4v) is 3.18. The number of methoxy groups -OCH3 is 1. The van der Waals surface area contributed by atoms with Crippen LogP contribution in [0.1, 0.15) is 38.5 Å². The number of carbonyl (C=O) groups excluding carboxylic acids is 2. The molecule has 5 nitrogen and oxygen atoms in total. The van der Waals surface area contributed by atoms with Gasteiger partial charge >= 0.3 is 0 Å². The molecule has 122 valence electrons. The highest BCUT2D eigenvalue weighted by Gasteiger charge is 2.32. The largest absolute Gasteiger partial charge is 0.379 e. The Bertz CT molecular complexity index is 445. The third kappa shape index (κ3) is 4.70. The van der Waals surface area contributed by atoms with Gasteiger partial charge in [-0.25, -0.2) is 0 Å². The lowest BCUT2D eigenvalue weighted by atomic mass is 10.0. The Labute approximate surface area is 132 Å². The van der Waals surface area contributed by atoms with Crippen molar-refractivity contribution in [2.45, 2.75) is 50.7 Å². The summed E-state index contributed by atoms with van der Waals surface area (Å²) in [5, 5.41) is 2.95. The topological polar surface area (TPSA) is 58.6 Å². The molecule has 1 aliphatic heterocycles. The summed E-state index contributed by atoms with van der Waals surface area (Å²) < 4.78 is 5.45. The summed E-state index contributed by atoms with van der Waals surface area (Å²) in [6.45, 7) is 1.41. The summed E-state index contributed by atoms with van der Waals surface area (Å²) in [4.78, 5) is 24.8. The first kappa shape index (κ1) is 16.7. The Morgan fingerprint density at radius 3 is 3.09 bits per heavy atom. The molecule has 2 rings (SSSR count). The predicted molar refractivity (Wildman–Crippen MR) is 85.3 cm³/mol. The molecule has 0 aromatic heterocycles. The molecule has 2 atom stereocenters. The van der Waals surface area contributed by atoms with Crippen molar-refractivity contribution >= 4 is 12.3 Å². The van der Waals surface area contributed by atoms with E-state index in [1.807, 2.05) is 0 Å². The molecule has 1 saturated heterocycles. The van der Waals surface area contributed by atoms with Crippen molar-refractivity contribution in [3.05, 3.63) is 23.8 Å². The average Bonchev–Trinajstić information content (AvgIpc) is 3.02. The first-order valence-corrected chi connectivity index (χ1v) is 8.10. The van der Waals surface area contributed by atoms with Gasteiger partial charge in [-0.05, 0) is 32.1 Å². The number of ether oxygens (including phenoxy) is 1. The van der Waals surface area contributed by atoms with Gasteiger partial charge in [0, 0.05) is 20.2 Å². The van der Waals surface area contributed by atoms with Crippen LogP contribution in [0.25, 0.3) is 0 Å². The van der Waals surface area contributed by atoms with Gasteiger partial charge in [0.2, 0.25) is 12.3 Å². The lowest BCUT2D eigenvalue weighted by Gasteiger charge is -2.27. The monoisotopic (exact) mass is 306 g/mol. The number of nitrogens with zero attached hydrogens (tertiary/aromatic N) is 1. The van der Waals surface area contributed by atoms with E-state index >= 15 is 0 Å². The van der Waals surface area contributed by atoms with E-state index in [4.69, 9.17) is 4.74 Å². The maximum Gasteiger partial charge on any atom is 0.222 e. The van der Waals surface area contributed by atoms with Gasteiger partial charge in [0.05, 0.1) is 18.6 Å². The van der Waals surface area contributed by atoms with Gasteiger partial charge in [-0.2, -0.15) is 0 Å². The molecule has 1 N–H and O–H groups in total. The van der Waals surface area contributed by atoms with E-state index in [1.165, 1.54) is 5.57 Å². The molecule has 0 aromatic carbocycles. The minimum Gasteiger partial charge on any atom is -0.379 e. The van der Waals surface area contributed by atoms with E-state index in [0.29, 0.717) is 13.0 Å². The number of allylic oxidation sites excluding steroid dienone is 3. The van der Waals surface area contributed by atoms with Gasteiger partial charge in [0.1, 0.15) is 0 Å². The number of amides is 2. The highest BCUT2D eigenvalue weighted by atomic mass is 16.5. The Morgan fingerprint density at radius 1 is 1.55 bits per heavy atom. The molecule has 0 radical (unpaired) electrons. The summed E-state index contributed by atoms with van der Waals surface area (Å²) in [7, 11) is 1.61. The number of hydrogen-bond donors (Lipinski definition) is 1. The molecular formula is C17H26N2O3. The van der Waals surface area contributed by atoms with Crippen molar-refractivity contribution in [3.8, 4) is 0 Å². The van der Waals surface area contributed by atoms with Crippen LogP contribution in [-0.4, -0.2) is 49.6 Å². The number of nitrogens with one attached hydrogen (secondary N) is 1. The molecule has 22 heavy (non-hydrogen) atoms. The molecule has 2 amide bonds. The van der Waals surface area contributed by atoms with Gasteiger partial charge in [-0.3, -0.25) is 9.59 Å². The highest BCUT2D eigenvalue weighted by Crippen LogP contribution is 2.22. The maximum atomic E-state index is 12.1. The van der Waals surface area contributed by atoms with Crippen LogP contribution in [0.15, 0.2) is 23.8 Å². The smallest absolute Gasteiger partial charge is 0.222 e. The van der Waals surface area contributed by atoms with Crippen molar-refractivity contribution in [2.24, 2.45) is 0 Å². The van der Waals surface area contributed by atoms with Crippen molar-refractivity contribution in [1.82, 2.24) is 10.2 Å². The number of rotatable bonds is 8. The van der Waals surface area contributed by atoms with Crippen molar-refractivity contribution in [1.29, 1.82) is 0 Å². The summed E-state index contributed by atoms with van der Waals surface area (Å²) in [6, 6.07) is 0.0252. The zero-order valence-corrected chi connectivity index (χ0v) is 13.3. The fourth-order valence-electron chi connectivity index (χ4n) is 3.18. The van der Waals surface area contributed by atoms with Crippen LogP contribution in [0, 0.1) is 0 Å². The molecule has 0 bridgehead atoms. The molecule has 5 heteroatoms. The van der Waals surface area contributed by atoms with Crippen LogP contribution in [0.2, 0.25) is 0 Å².